The molecule has 3 atom stereocenters. The van der Waals surface area contributed by atoms with Crippen LogP contribution >= 0.6 is 11.3 Å². The third kappa shape index (κ3) is 2.79. The maximum atomic E-state index is 4.34. The van der Waals surface area contributed by atoms with Crippen LogP contribution in [0.15, 0.2) is 11.6 Å². The van der Waals surface area contributed by atoms with Crippen molar-refractivity contribution in [2.24, 2.45) is 11.8 Å². The van der Waals surface area contributed by atoms with Gasteiger partial charge in [-0.25, -0.2) is 4.98 Å². The van der Waals surface area contributed by atoms with Gasteiger partial charge in [0.05, 0.1) is 6.04 Å². The second kappa shape index (κ2) is 5.08. The van der Waals surface area contributed by atoms with Crippen LogP contribution in [-0.4, -0.2) is 11.5 Å². The third-order valence-corrected chi connectivity index (χ3v) is 4.51. The van der Waals surface area contributed by atoms with Gasteiger partial charge in [0.25, 0.3) is 0 Å². The molecule has 2 nitrogen and oxygen atoms in total. The van der Waals surface area contributed by atoms with Gasteiger partial charge in [0.15, 0.2) is 0 Å². The van der Waals surface area contributed by atoms with Crippen LogP contribution in [0.4, 0.5) is 0 Å². The lowest BCUT2D eigenvalue weighted by Gasteiger charge is -2.18. The maximum Gasteiger partial charge on any atom is 0.109 e. The predicted octanol–water partition coefficient (Wildman–Crippen LogP) is 3.23. The van der Waals surface area contributed by atoms with Crippen molar-refractivity contribution in [3.63, 3.8) is 0 Å². The van der Waals surface area contributed by atoms with E-state index in [-0.39, 0.29) is 0 Å². The van der Waals surface area contributed by atoms with Crippen LogP contribution in [0.3, 0.4) is 0 Å². The van der Waals surface area contributed by atoms with Gasteiger partial charge in [0.2, 0.25) is 0 Å². The summed E-state index contributed by atoms with van der Waals surface area (Å²) in [6, 6.07) is 0.415. The highest BCUT2D eigenvalue weighted by Crippen LogP contribution is 2.31. The van der Waals surface area contributed by atoms with Crippen LogP contribution in [0.1, 0.15) is 44.2 Å². The standard InChI is InChI=1S/C12H20N2S/c1-9-4-3-5-11(9)8-14-10(2)12-13-6-7-15-12/h6-7,9-11,14H,3-5,8H2,1-2H3. The number of hydrogen-bond donors (Lipinski definition) is 1. The molecule has 1 saturated carbocycles. The van der Waals surface area contributed by atoms with Crippen LogP contribution in [0.25, 0.3) is 0 Å². The molecule has 0 spiro atoms. The van der Waals surface area contributed by atoms with Crippen molar-refractivity contribution in [1.82, 2.24) is 10.3 Å². The molecule has 0 amide bonds. The Labute approximate surface area is 96.1 Å². The van der Waals surface area contributed by atoms with Crippen molar-refractivity contribution in [3.05, 3.63) is 16.6 Å². The Balaban J connectivity index is 1.78. The zero-order valence-electron chi connectivity index (χ0n) is 9.57. The molecule has 15 heavy (non-hydrogen) atoms. The Morgan fingerprint density at radius 2 is 2.47 bits per heavy atom. The SMILES string of the molecule is CC(NCC1CCCC1C)c1nccs1. The Bertz CT molecular complexity index is 284. The van der Waals surface area contributed by atoms with Crippen molar-refractivity contribution in [1.29, 1.82) is 0 Å². The van der Waals surface area contributed by atoms with E-state index in [2.05, 4.69) is 24.1 Å². The number of nitrogens with one attached hydrogen (secondary N) is 1. The molecule has 0 radical (unpaired) electrons. The highest BCUT2D eigenvalue weighted by Gasteiger charge is 2.23. The Morgan fingerprint density at radius 1 is 1.60 bits per heavy atom. The van der Waals surface area contributed by atoms with E-state index in [4.69, 9.17) is 0 Å². The molecular formula is C12H20N2S. The van der Waals surface area contributed by atoms with Gasteiger partial charge in [-0.2, -0.15) is 0 Å². The fourth-order valence-corrected chi connectivity index (χ4v) is 3.06. The molecule has 0 bridgehead atoms. The summed E-state index contributed by atoms with van der Waals surface area (Å²) in [6.45, 7) is 5.74. The van der Waals surface area contributed by atoms with Crippen molar-refractivity contribution in [2.45, 2.75) is 39.2 Å². The lowest BCUT2D eigenvalue weighted by molar-refractivity contribution is 0.374. The Morgan fingerprint density at radius 3 is 3.07 bits per heavy atom. The summed E-state index contributed by atoms with van der Waals surface area (Å²) < 4.78 is 0. The van der Waals surface area contributed by atoms with E-state index < -0.39 is 0 Å². The molecule has 0 aromatic carbocycles. The summed E-state index contributed by atoms with van der Waals surface area (Å²) in [5, 5.41) is 6.86. The number of nitrogens with zero attached hydrogens (tertiary/aromatic N) is 1. The van der Waals surface area contributed by atoms with E-state index >= 15 is 0 Å². The normalized spacial score (nSPS) is 28.1. The zero-order valence-corrected chi connectivity index (χ0v) is 10.4. The summed E-state index contributed by atoms with van der Waals surface area (Å²) in [6.07, 6.45) is 6.12. The molecule has 1 aliphatic carbocycles. The molecule has 0 saturated heterocycles. The van der Waals surface area contributed by atoms with Gasteiger partial charge in [-0.3, -0.25) is 0 Å². The molecule has 84 valence electrons. The number of aromatic nitrogens is 1. The van der Waals surface area contributed by atoms with Gasteiger partial charge in [0.1, 0.15) is 5.01 Å². The smallest absolute Gasteiger partial charge is 0.109 e. The second-order valence-corrected chi connectivity index (χ2v) is 5.59. The van der Waals surface area contributed by atoms with Crippen LogP contribution in [0, 0.1) is 11.8 Å². The molecule has 1 aromatic rings. The molecule has 1 aliphatic rings. The minimum absolute atomic E-state index is 0.415. The van der Waals surface area contributed by atoms with Crippen LogP contribution in [-0.2, 0) is 0 Å². The largest absolute Gasteiger partial charge is 0.308 e. The van der Waals surface area contributed by atoms with Gasteiger partial charge in [-0.1, -0.05) is 19.8 Å². The Kier molecular flexibility index (Phi) is 3.76. The van der Waals surface area contributed by atoms with Gasteiger partial charge in [0, 0.05) is 11.6 Å². The molecule has 1 fully saturated rings. The van der Waals surface area contributed by atoms with Gasteiger partial charge in [-0.05, 0) is 31.7 Å². The van der Waals surface area contributed by atoms with E-state index in [1.165, 1.54) is 24.3 Å². The molecule has 0 aliphatic heterocycles. The summed E-state index contributed by atoms with van der Waals surface area (Å²) in [7, 11) is 0. The molecule has 2 rings (SSSR count). The van der Waals surface area contributed by atoms with Gasteiger partial charge >= 0.3 is 0 Å². The van der Waals surface area contributed by atoms with E-state index in [1.807, 2.05) is 11.6 Å². The first-order chi connectivity index (χ1) is 7.27. The van der Waals surface area contributed by atoms with E-state index in [0.29, 0.717) is 6.04 Å². The fourth-order valence-electron chi connectivity index (χ4n) is 2.39. The minimum atomic E-state index is 0.415. The molecule has 3 unspecified atom stereocenters. The predicted molar refractivity (Wildman–Crippen MR) is 65.0 cm³/mol. The van der Waals surface area contributed by atoms with Crippen molar-refractivity contribution < 1.29 is 0 Å². The first-order valence-electron chi connectivity index (χ1n) is 5.90. The zero-order chi connectivity index (χ0) is 10.7. The van der Waals surface area contributed by atoms with Crippen molar-refractivity contribution in [2.75, 3.05) is 6.54 Å². The lowest BCUT2D eigenvalue weighted by atomic mass is 9.98. The topological polar surface area (TPSA) is 24.9 Å². The summed E-state index contributed by atoms with van der Waals surface area (Å²) in [4.78, 5) is 4.34. The molecule has 1 aromatic heterocycles. The summed E-state index contributed by atoms with van der Waals surface area (Å²) in [5.41, 5.74) is 0. The van der Waals surface area contributed by atoms with E-state index in [0.717, 1.165) is 18.4 Å². The maximum absolute atomic E-state index is 4.34. The first-order valence-corrected chi connectivity index (χ1v) is 6.78. The third-order valence-electron chi connectivity index (χ3n) is 3.55. The minimum Gasteiger partial charge on any atom is -0.308 e. The van der Waals surface area contributed by atoms with Gasteiger partial charge < -0.3 is 5.32 Å². The molecule has 1 N–H and O–H groups in total. The van der Waals surface area contributed by atoms with E-state index in [1.54, 1.807) is 11.3 Å². The van der Waals surface area contributed by atoms with E-state index in [9.17, 15) is 0 Å². The highest BCUT2D eigenvalue weighted by atomic mass is 32.1. The van der Waals surface area contributed by atoms with Crippen molar-refractivity contribution in [3.8, 4) is 0 Å². The molecule has 1 heterocycles. The lowest BCUT2D eigenvalue weighted by Crippen LogP contribution is -2.26. The van der Waals surface area contributed by atoms with Gasteiger partial charge in [-0.15, -0.1) is 11.3 Å². The molecule has 3 heteroatoms. The van der Waals surface area contributed by atoms with Crippen LogP contribution in [0.2, 0.25) is 0 Å². The van der Waals surface area contributed by atoms with Crippen molar-refractivity contribution >= 4 is 11.3 Å². The highest BCUT2D eigenvalue weighted by molar-refractivity contribution is 7.09. The van der Waals surface area contributed by atoms with Crippen LogP contribution in [0.5, 0.6) is 0 Å². The summed E-state index contributed by atoms with van der Waals surface area (Å²) >= 11 is 1.74. The van der Waals surface area contributed by atoms with Crippen LogP contribution < -0.4 is 5.32 Å². The summed E-state index contributed by atoms with van der Waals surface area (Å²) in [5.74, 6) is 1.79. The second-order valence-electron chi connectivity index (χ2n) is 4.67. The number of thiazole rings is 1. The molecular weight excluding hydrogens is 204 g/mol. The number of rotatable bonds is 4. The average Bonchev–Trinajstić information content (AvgIpc) is 2.85. The first kappa shape index (κ1) is 11.1. The monoisotopic (exact) mass is 224 g/mol. The number of hydrogen-bond acceptors (Lipinski definition) is 3. The average molecular weight is 224 g/mol. The Hall–Kier alpha value is -0.410. The quantitative estimate of drug-likeness (QED) is 0.849. The fraction of sp³-hybridized carbons (Fsp3) is 0.750.